The highest BCUT2D eigenvalue weighted by molar-refractivity contribution is 7.89. The summed E-state index contributed by atoms with van der Waals surface area (Å²) in [6.07, 6.45) is 0.00720. The van der Waals surface area contributed by atoms with Gasteiger partial charge < -0.3 is 9.47 Å². The van der Waals surface area contributed by atoms with Crippen LogP contribution in [-0.4, -0.2) is 56.9 Å². The number of morpholine rings is 1. The van der Waals surface area contributed by atoms with Crippen LogP contribution in [0.15, 0.2) is 53.4 Å². The average molecular weight is 448 g/mol. The lowest BCUT2D eigenvalue weighted by atomic mass is 10.2. The maximum absolute atomic E-state index is 13.0. The second-order valence-corrected chi connectivity index (χ2v) is 9.02. The average Bonchev–Trinajstić information content (AvgIpc) is 2.78. The Kier molecular flexibility index (Phi) is 7.26. The molecule has 0 aromatic heterocycles. The Labute approximate surface area is 181 Å². The van der Waals surface area contributed by atoms with Crippen LogP contribution in [0.1, 0.15) is 34.6 Å². The third-order valence-corrected chi connectivity index (χ3v) is 6.45. The molecule has 0 saturated carbocycles. The molecule has 0 aliphatic carbocycles. The van der Waals surface area contributed by atoms with Gasteiger partial charge in [-0.15, -0.1) is 0 Å². The van der Waals surface area contributed by atoms with Crippen LogP contribution in [0.3, 0.4) is 0 Å². The number of nitrogens with one attached hydrogen (secondary N) is 2. The van der Waals surface area contributed by atoms with Crippen LogP contribution in [0.25, 0.3) is 0 Å². The number of benzene rings is 2. The molecule has 0 unspecified atom stereocenters. The van der Waals surface area contributed by atoms with Crippen LogP contribution < -0.4 is 15.6 Å². The molecule has 1 saturated heterocycles. The van der Waals surface area contributed by atoms with Crippen molar-refractivity contribution in [1.82, 2.24) is 15.2 Å². The summed E-state index contributed by atoms with van der Waals surface area (Å²) in [5.74, 6) is -0.656. The number of hydrogen-bond donors (Lipinski definition) is 2. The minimum atomic E-state index is -3.88. The summed E-state index contributed by atoms with van der Waals surface area (Å²) >= 11 is 0. The zero-order chi connectivity index (χ0) is 22.4. The molecule has 31 heavy (non-hydrogen) atoms. The molecule has 0 spiro atoms. The van der Waals surface area contributed by atoms with Crippen LogP contribution in [0.5, 0.6) is 5.75 Å². The summed E-state index contributed by atoms with van der Waals surface area (Å²) in [5.41, 5.74) is 4.84. The van der Waals surface area contributed by atoms with E-state index in [2.05, 4.69) is 10.9 Å². The summed E-state index contributed by atoms with van der Waals surface area (Å²) in [7, 11) is -3.88. The maximum Gasteiger partial charge on any atom is 0.271 e. The number of carbonyl (C=O) groups excluding carboxylic acids is 2. The van der Waals surface area contributed by atoms with E-state index in [9.17, 15) is 18.0 Å². The second-order valence-electron chi connectivity index (χ2n) is 7.11. The Bertz CT molecular complexity index is 1030. The Morgan fingerprint density at radius 2 is 1.58 bits per heavy atom. The summed E-state index contributed by atoms with van der Waals surface area (Å²) in [6.45, 7) is 4.81. The fourth-order valence-corrected chi connectivity index (χ4v) is 4.61. The lowest BCUT2D eigenvalue weighted by Crippen LogP contribution is -2.43. The minimum absolute atomic E-state index is 0.00720. The molecule has 9 nitrogen and oxygen atoms in total. The highest BCUT2D eigenvalue weighted by Gasteiger charge is 2.30. The van der Waals surface area contributed by atoms with Crippen LogP contribution >= 0.6 is 0 Å². The molecule has 1 fully saturated rings. The number of carbonyl (C=O) groups is 2. The van der Waals surface area contributed by atoms with E-state index in [1.165, 1.54) is 16.4 Å². The predicted molar refractivity (Wildman–Crippen MR) is 113 cm³/mol. The van der Waals surface area contributed by atoms with Gasteiger partial charge in [0.1, 0.15) is 5.75 Å². The first kappa shape index (κ1) is 22.7. The van der Waals surface area contributed by atoms with Crippen LogP contribution in [0, 0.1) is 0 Å². The standard InChI is InChI=1S/C21H25N3O6S/c1-15(2)30-17-9-7-16(8-10-17)20(25)22-23-21(26)18-5-3-4-6-19(18)31(27,28)24-11-13-29-14-12-24/h3-10,15H,11-14H2,1-2H3,(H,22,25)(H,23,26). The highest BCUT2D eigenvalue weighted by atomic mass is 32.2. The molecule has 1 heterocycles. The number of sulfonamides is 1. The van der Waals surface area contributed by atoms with Gasteiger partial charge in [-0.05, 0) is 50.2 Å². The van der Waals surface area contributed by atoms with E-state index in [0.29, 0.717) is 24.5 Å². The van der Waals surface area contributed by atoms with E-state index in [1.807, 2.05) is 13.8 Å². The first-order valence-corrected chi connectivity index (χ1v) is 11.3. The third-order valence-electron chi connectivity index (χ3n) is 4.50. The molecule has 2 aromatic rings. The zero-order valence-electron chi connectivity index (χ0n) is 17.3. The highest BCUT2D eigenvalue weighted by Crippen LogP contribution is 2.21. The van der Waals surface area contributed by atoms with Crippen molar-refractivity contribution in [1.29, 1.82) is 0 Å². The lowest BCUT2D eigenvalue weighted by Gasteiger charge is -2.26. The van der Waals surface area contributed by atoms with Gasteiger partial charge in [-0.25, -0.2) is 8.42 Å². The number of rotatable bonds is 6. The second kappa shape index (κ2) is 9.90. The molecule has 0 bridgehead atoms. The molecule has 0 atom stereocenters. The van der Waals surface area contributed by atoms with Crippen molar-refractivity contribution in [3.8, 4) is 5.75 Å². The van der Waals surface area contributed by atoms with Crippen LogP contribution in [0.2, 0.25) is 0 Å². The molecule has 3 rings (SSSR count). The zero-order valence-corrected chi connectivity index (χ0v) is 18.1. The smallest absolute Gasteiger partial charge is 0.271 e. The summed E-state index contributed by atoms with van der Waals surface area (Å²) in [6, 6.07) is 12.3. The Morgan fingerprint density at radius 3 is 2.23 bits per heavy atom. The Hall–Kier alpha value is -2.95. The van der Waals surface area contributed by atoms with Gasteiger partial charge in [0, 0.05) is 18.7 Å². The third kappa shape index (κ3) is 5.60. The van der Waals surface area contributed by atoms with Crippen molar-refractivity contribution in [2.45, 2.75) is 24.8 Å². The molecule has 0 radical (unpaired) electrons. The molecule has 2 amide bonds. The van der Waals surface area contributed by atoms with Gasteiger partial charge >= 0.3 is 0 Å². The quantitative estimate of drug-likeness (QED) is 0.650. The molecule has 10 heteroatoms. The fraction of sp³-hybridized carbons (Fsp3) is 0.333. The summed E-state index contributed by atoms with van der Waals surface area (Å²) in [4.78, 5) is 24.9. The monoisotopic (exact) mass is 447 g/mol. The van der Waals surface area contributed by atoms with Crippen molar-refractivity contribution in [3.63, 3.8) is 0 Å². The molecule has 166 valence electrons. The van der Waals surface area contributed by atoms with Gasteiger partial charge in [0.2, 0.25) is 10.0 Å². The number of nitrogens with zero attached hydrogens (tertiary/aromatic N) is 1. The van der Waals surface area contributed by atoms with Crippen LogP contribution in [-0.2, 0) is 14.8 Å². The van der Waals surface area contributed by atoms with Gasteiger partial charge in [0.15, 0.2) is 0 Å². The molecule has 1 aliphatic heterocycles. The van der Waals surface area contributed by atoms with Crippen molar-refractivity contribution >= 4 is 21.8 Å². The molecular weight excluding hydrogens is 422 g/mol. The molecule has 2 aromatic carbocycles. The number of amides is 2. The molecule has 1 aliphatic rings. The van der Waals surface area contributed by atoms with Crippen molar-refractivity contribution < 1.29 is 27.5 Å². The van der Waals surface area contributed by atoms with Gasteiger partial charge in [-0.1, -0.05) is 12.1 Å². The maximum atomic E-state index is 13.0. The van der Waals surface area contributed by atoms with E-state index in [1.54, 1.807) is 36.4 Å². The molecular formula is C21H25N3O6S. The van der Waals surface area contributed by atoms with E-state index in [-0.39, 0.29) is 29.7 Å². The van der Waals surface area contributed by atoms with Crippen molar-refractivity contribution in [2.24, 2.45) is 0 Å². The first-order chi connectivity index (χ1) is 14.8. The number of ether oxygens (including phenoxy) is 2. The summed E-state index contributed by atoms with van der Waals surface area (Å²) < 4.78 is 38.0. The minimum Gasteiger partial charge on any atom is -0.491 e. The lowest BCUT2D eigenvalue weighted by molar-refractivity contribution is 0.0729. The Morgan fingerprint density at radius 1 is 0.968 bits per heavy atom. The Balaban J connectivity index is 1.69. The predicted octanol–water partition coefficient (Wildman–Crippen LogP) is 1.57. The molecule has 2 N–H and O–H groups in total. The van der Waals surface area contributed by atoms with E-state index >= 15 is 0 Å². The number of hydrazine groups is 1. The SMILES string of the molecule is CC(C)Oc1ccc(C(=O)NNC(=O)c2ccccc2S(=O)(=O)N2CCOCC2)cc1. The van der Waals surface area contributed by atoms with E-state index in [4.69, 9.17) is 9.47 Å². The van der Waals surface area contributed by atoms with Gasteiger partial charge in [0.05, 0.1) is 29.8 Å². The first-order valence-electron chi connectivity index (χ1n) is 9.83. The largest absolute Gasteiger partial charge is 0.491 e. The van der Waals surface area contributed by atoms with Gasteiger partial charge in [-0.2, -0.15) is 4.31 Å². The fourth-order valence-electron chi connectivity index (χ4n) is 3.02. The van der Waals surface area contributed by atoms with Gasteiger partial charge in [-0.3, -0.25) is 20.4 Å². The van der Waals surface area contributed by atoms with E-state index in [0.717, 1.165) is 0 Å². The van der Waals surface area contributed by atoms with Crippen molar-refractivity contribution in [3.05, 3.63) is 59.7 Å². The van der Waals surface area contributed by atoms with Crippen molar-refractivity contribution in [2.75, 3.05) is 26.3 Å². The normalized spacial score (nSPS) is 14.8. The van der Waals surface area contributed by atoms with Crippen LogP contribution in [0.4, 0.5) is 0 Å². The number of hydrogen-bond acceptors (Lipinski definition) is 6. The van der Waals surface area contributed by atoms with E-state index < -0.39 is 21.8 Å². The van der Waals surface area contributed by atoms with Gasteiger partial charge in [0.25, 0.3) is 11.8 Å². The summed E-state index contributed by atoms with van der Waals surface area (Å²) in [5, 5.41) is 0. The topological polar surface area (TPSA) is 114 Å².